The maximum Gasteiger partial charge on any atom is 0.258 e. The molecule has 11 heteroatoms. The molecule has 0 aliphatic carbocycles. The summed E-state index contributed by atoms with van der Waals surface area (Å²) in [6, 6.07) is 9.04. The Morgan fingerprint density at radius 3 is 2.61 bits per heavy atom. The standard InChI is InChI=1S/C30H37ClN6O4/c1-20-18-22(10-14-32-20)29(40)34-30-33-25-7-5-8-26(41-24-11-16-35(17-12-24)21(2)38)28(25)37(30)23-6-3-4-15-36(19-23)27(39)9-13-31/h5,7-8,10,14,18,23-24H,3-4,6,9,11-13,15-17,19H2,1-2H3,(H,33,34,40). The Labute approximate surface area is 245 Å². The number of ether oxygens (including phenoxy) is 1. The Morgan fingerprint density at radius 2 is 1.88 bits per heavy atom. The summed E-state index contributed by atoms with van der Waals surface area (Å²) >= 11 is 5.91. The second kappa shape index (κ2) is 12.9. The molecule has 1 N–H and O–H groups in total. The van der Waals surface area contributed by atoms with Crippen LogP contribution in [0.3, 0.4) is 0 Å². The lowest BCUT2D eigenvalue weighted by Gasteiger charge is -2.32. The van der Waals surface area contributed by atoms with E-state index in [9.17, 15) is 14.4 Å². The molecule has 0 saturated carbocycles. The minimum absolute atomic E-state index is 0.0304. The maximum absolute atomic E-state index is 13.4. The molecule has 2 aliphatic rings. The fraction of sp³-hybridized carbons (Fsp3) is 0.500. The number of halogens is 1. The molecule has 2 fully saturated rings. The van der Waals surface area contributed by atoms with E-state index in [4.69, 9.17) is 21.3 Å². The summed E-state index contributed by atoms with van der Waals surface area (Å²) in [7, 11) is 0. The number of benzene rings is 1. The number of nitrogens with one attached hydrogen (secondary N) is 1. The average Bonchev–Trinajstić information content (AvgIpc) is 3.14. The number of aromatic nitrogens is 3. The lowest BCUT2D eigenvalue weighted by molar-refractivity contribution is -0.131. The van der Waals surface area contributed by atoms with Gasteiger partial charge in [-0.1, -0.05) is 6.07 Å². The number of pyridine rings is 1. The number of rotatable bonds is 7. The minimum atomic E-state index is -0.283. The fourth-order valence-corrected chi connectivity index (χ4v) is 5.94. The number of carbonyl (C=O) groups is 3. The monoisotopic (exact) mass is 580 g/mol. The number of anilines is 1. The van der Waals surface area contributed by atoms with E-state index < -0.39 is 0 Å². The first-order valence-corrected chi connectivity index (χ1v) is 14.9. The predicted molar refractivity (Wildman–Crippen MR) is 157 cm³/mol. The van der Waals surface area contributed by atoms with Crippen LogP contribution >= 0.6 is 11.6 Å². The van der Waals surface area contributed by atoms with Gasteiger partial charge in [-0.25, -0.2) is 4.98 Å². The van der Waals surface area contributed by atoms with Crippen LogP contribution in [0.5, 0.6) is 5.75 Å². The number of para-hydroxylation sites is 1. The van der Waals surface area contributed by atoms with Crippen molar-refractivity contribution < 1.29 is 19.1 Å². The number of hydrogen-bond acceptors (Lipinski definition) is 6. The quantitative estimate of drug-likeness (QED) is 0.410. The highest BCUT2D eigenvalue weighted by Gasteiger charge is 2.30. The van der Waals surface area contributed by atoms with Crippen molar-refractivity contribution in [3.63, 3.8) is 0 Å². The van der Waals surface area contributed by atoms with Gasteiger partial charge in [0, 0.05) is 75.7 Å². The Kier molecular flexibility index (Phi) is 9.07. The third kappa shape index (κ3) is 6.64. The van der Waals surface area contributed by atoms with Gasteiger partial charge in [0.05, 0.1) is 11.6 Å². The number of alkyl halides is 1. The first-order chi connectivity index (χ1) is 19.8. The molecule has 0 spiro atoms. The van der Waals surface area contributed by atoms with Crippen molar-refractivity contribution in [1.29, 1.82) is 0 Å². The number of piperidine rings is 1. The topological polar surface area (TPSA) is 110 Å². The van der Waals surface area contributed by atoms with Crippen molar-refractivity contribution >= 4 is 46.3 Å². The van der Waals surface area contributed by atoms with Crippen LogP contribution in [0.25, 0.3) is 11.0 Å². The van der Waals surface area contributed by atoms with Crippen molar-refractivity contribution in [3.05, 3.63) is 47.8 Å². The number of carbonyl (C=O) groups excluding carboxylic acids is 3. The first-order valence-electron chi connectivity index (χ1n) is 14.3. The van der Waals surface area contributed by atoms with Crippen molar-refractivity contribution in [1.82, 2.24) is 24.3 Å². The summed E-state index contributed by atoms with van der Waals surface area (Å²) in [6.07, 6.45) is 5.97. The minimum Gasteiger partial charge on any atom is -0.488 e. The Morgan fingerprint density at radius 1 is 1.07 bits per heavy atom. The highest BCUT2D eigenvalue weighted by atomic mass is 35.5. The molecule has 1 unspecified atom stereocenters. The predicted octanol–water partition coefficient (Wildman–Crippen LogP) is 4.56. The highest BCUT2D eigenvalue weighted by molar-refractivity contribution is 6.18. The summed E-state index contributed by atoms with van der Waals surface area (Å²) in [6.45, 7) is 5.91. The van der Waals surface area contributed by atoms with Crippen LogP contribution in [0.15, 0.2) is 36.5 Å². The maximum atomic E-state index is 13.4. The molecule has 2 aromatic heterocycles. The lowest BCUT2D eigenvalue weighted by atomic mass is 10.1. The number of fused-ring (bicyclic) bond motifs is 1. The molecule has 0 radical (unpaired) electrons. The van der Waals surface area contributed by atoms with Crippen molar-refractivity contribution in [2.45, 2.75) is 64.5 Å². The van der Waals surface area contributed by atoms with Crippen LogP contribution < -0.4 is 10.1 Å². The molecule has 2 saturated heterocycles. The zero-order valence-electron chi connectivity index (χ0n) is 23.6. The molecule has 3 aromatic rings. The number of aryl methyl sites for hydroxylation is 1. The lowest BCUT2D eigenvalue weighted by Crippen LogP contribution is -2.40. The summed E-state index contributed by atoms with van der Waals surface area (Å²) < 4.78 is 8.62. The molecule has 41 heavy (non-hydrogen) atoms. The number of imidazole rings is 1. The van der Waals surface area contributed by atoms with E-state index in [0.717, 1.165) is 43.3 Å². The zero-order valence-corrected chi connectivity index (χ0v) is 24.4. The Balaban J connectivity index is 1.52. The second-order valence-electron chi connectivity index (χ2n) is 10.8. The Bertz CT molecular complexity index is 1420. The third-order valence-corrected chi connectivity index (χ3v) is 8.10. The van der Waals surface area contributed by atoms with Gasteiger partial charge in [-0.05, 0) is 50.5 Å². The van der Waals surface area contributed by atoms with E-state index in [1.807, 2.05) is 39.5 Å². The van der Waals surface area contributed by atoms with Crippen LogP contribution in [-0.2, 0) is 9.59 Å². The molecule has 10 nitrogen and oxygen atoms in total. The van der Waals surface area contributed by atoms with Crippen LogP contribution in [-0.4, -0.2) is 80.2 Å². The van der Waals surface area contributed by atoms with Gasteiger partial charge in [-0.2, -0.15) is 0 Å². The largest absolute Gasteiger partial charge is 0.488 e. The van der Waals surface area contributed by atoms with Gasteiger partial charge < -0.3 is 19.1 Å². The molecular weight excluding hydrogens is 544 g/mol. The fourth-order valence-electron chi connectivity index (χ4n) is 5.78. The van der Waals surface area contributed by atoms with E-state index in [1.165, 1.54) is 0 Å². The smallest absolute Gasteiger partial charge is 0.258 e. The molecule has 1 aromatic carbocycles. The van der Waals surface area contributed by atoms with E-state index in [2.05, 4.69) is 10.3 Å². The van der Waals surface area contributed by atoms with E-state index >= 15 is 0 Å². The first kappa shape index (κ1) is 28.9. The SMILES string of the molecule is CC(=O)N1CCC(Oc2cccc3nc(NC(=O)c4ccnc(C)c4)n(C4CCCCN(C(=O)CCCl)C4)c23)CC1. The van der Waals surface area contributed by atoms with Gasteiger partial charge in [0.25, 0.3) is 5.91 Å². The second-order valence-corrected chi connectivity index (χ2v) is 11.2. The van der Waals surface area contributed by atoms with Gasteiger partial charge in [0.1, 0.15) is 17.4 Å². The van der Waals surface area contributed by atoms with Crippen molar-refractivity contribution in [2.24, 2.45) is 0 Å². The normalized spacial score (nSPS) is 18.3. The van der Waals surface area contributed by atoms with E-state index in [1.54, 1.807) is 25.3 Å². The third-order valence-electron chi connectivity index (χ3n) is 7.91. The number of likely N-dealkylation sites (tertiary alicyclic amines) is 2. The van der Waals surface area contributed by atoms with E-state index in [-0.39, 0.29) is 42.2 Å². The highest BCUT2D eigenvalue weighted by Crippen LogP contribution is 2.36. The molecule has 2 aliphatic heterocycles. The number of amides is 3. The molecule has 0 bridgehead atoms. The summed E-state index contributed by atoms with van der Waals surface area (Å²) in [4.78, 5) is 50.9. The summed E-state index contributed by atoms with van der Waals surface area (Å²) in [5.41, 5.74) is 2.73. The van der Waals surface area contributed by atoms with E-state index in [0.29, 0.717) is 49.0 Å². The van der Waals surface area contributed by atoms with Gasteiger partial charge in [-0.15, -0.1) is 11.6 Å². The Hall–Kier alpha value is -3.66. The summed E-state index contributed by atoms with van der Waals surface area (Å²) in [5, 5.41) is 3.04. The molecular formula is C30H37ClN6O4. The van der Waals surface area contributed by atoms with Gasteiger partial charge >= 0.3 is 0 Å². The van der Waals surface area contributed by atoms with Crippen LogP contribution in [0.1, 0.15) is 67.5 Å². The van der Waals surface area contributed by atoms with Crippen molar-refractivity contribution in [3.8, 4) is 5.75 Å². The zero-order chi connectivity index (χ0) is 28.9. The van der Waals surface area contributed by atoms with Crippen molar-refractivity contribution in [2.75, 3.05) is 37.4 Å². The van der Waals surface area contributed by atoms with Gasteiger partial charge in [0.2, 0.25) is 17.8 Å². The van der Waals surface area contributed by atoms with Gasteiger partial charge in [-0.3, -0.25) is 24.7 Å². The molecule has 1 atom stereocenters. The summed E-state index contributed by atoms with van der Waals surface area (Å²) in [5.74, 6) is 1.20. The van der Waals surface area contributed by atoms with Gasteiger partial charge in [0.15, 0.2) is 0 Å². The van der Waals surface area contributed by atoms with Crippen LogP contribution in [0.2, 0.25) is 0 Å². The molecule has 3 amide bonds. The number of hydrogen-bond donors (Lipinski definition) is 1. The number of nitrogens with zero attached hydrogens (tertiary/aromatic N) is 5. The molecule has 5 rings (SSSR count). The average molecular weight is 581 g/mol. The van der Waals surface area contributed by atoms with Crippen LogP contribution in [0.4, 0.5) is 5.95 Å². The van der Waals surface area contributed by atoms with Crippen LogP contribution in [0, 0.1) is 6.92 Å². The molecule has 218 valence electrons. The molecule has 4 heterocycles.